The Balaban J connectivity index is 1.11. The van der Waals surface area contributed by atoms with Crippen LogP contribution in [0, 0.1) is 5.92 Å². The van der Waals surface area contributed by atoms with Crippen LogP contribution in [0.4, 0.5) is 11.4 Å². The molecule has 2 aromatic heterocycles. The number of hydrogen-bond donors (Lipinski definition) is 0. The van der Waals surface area contributed by atoms with Gasteiger partial charge in [0.25, 0.3) is 0 Å². The van der Waals surface area contributed by atoms with Gasteiger partial charge in [0.1, 0.15) is 0 Å². The summed E-state index contributed by atoms with van der Waals surface area (Å²) < 4.78 is 2.69. The van der Waals surface area contributed by atoms with E-state index in [9.17, 15) is 0 Å². The fourth-order valence-electron chi connectivity index (χ4n) is 6.75. The molecule has 0 aliphatic heterocycles. The lowest BCUT2D eigenvalue weighted by Crippen LogP contribution is -2.17. The van der Waals surface area contributed by atoms with Crippen LogP contribution < -0.4 is 4.90 Å². The molecule has 4 aromatic carbocycles. The number of hydrogen-bond acceptors (Lipinski definition) is 4. The van der Waals surface area contributed by atoms with Gasteiger partial charge in [0.05, 0.1) is 0 Å². The van der Waals surface area contributed by atoms with Crippen LogP contribution in [-0.2, 0) is 0 Å². The lowest BCUT2D eigenvalue weighted by Gasteiger charge is -2.29. The van der Waals surface area contributed by atoms with E-state index in [1.54, 1.807) is 0 Å². The Bertz CT molecular complexity index is 2160. The average Bonchev–Trinajstić information content (AvgIpc) is 3.75. The van der Waals surface area contributed by atoms with Crippen molar-refractivity contribution in [1.29, 1.82) is 0 Å². The van der Waals surface area contributed by atoms with Crippen LogP contribution in [0.2, 0.25) is 0 Å². The molecule has 6 aromatic rings. The maximum absolute atomic E-state index is 4.24. The van der Waals surface area contributed by atoms with Crippen molar-refractivity contribution in [2.75, 3.05) is 11.9 Å². The van der Waals surface area contributed by atoms with Crippen LogP contribution >= 0.6 is 22.7 Å². The van der Waals surface area contributed by atoms with E-state index >= 15 is 0 Å². The Labute approximate surface area is 285 Å². The molecular formula is C43H36N2S2. The van der Waals surface area contributed by atoms with Crippen LogP contribution in [0.15, 0.2) is 156 Å². The summed E-state index contributed by atoms with van der Waals surface area (Å²) in [7, 11) is 1.84. The van der Waals surface area contributed by atoms with Crippen molar-refractivity contribution in [2.24, 2.45) is 10.9 Å². The van der Waals surface area contributed by atoms with Crippen molar-refractivity contribution in [3.8, 4) is 10.4 Å². The van der Waals surface area contributed by atoms with Crippen molar-refractivity contribution in [3.05, 3.63) is 161 Å². The van der Waals surface area contributed by atoms with Gasteiger partial charge in [-0.05, 0) is 106 Å². The topological polar surface area (TPSA) is 15.6 Å². The van der Waals surface area contributed by atoms with Gasteiger partial charge >= 0.3 is 0 Å². The quantitative estimate of drug-likeness (QED) is 0.158. The third kappa shape index (κ3) is 5.95. The molecule has 8 rings (SSSR count). The van der Waals surface area contributed by atoms with Gasteiger partial charge in [0.2, 0.25) is 0 Å². The zero-order valence-electron chi connectivity index (χ0n) is 26.6. The van der Waals surface area contributed by atoms with E-state index in [0.717, 1.165) is 18.5 Å². The molecular weight excluding hydrogens is 609 g/mol. The molecule has 4 heteroatoms. The molecule has 47 heavy (non-hydrogen) atoms. The van der Waals surface area contributed by atoms with Crippen LogP contribution in [0.3, 0.4) is 0 Å². The molecule has 0 saturated heterocycles. The molecule has 0 fully saturated rings. The van der Waals surface area contributed by atoms with Crippen LogP contribution in [0.5, 0.6) is 0 Å². The molecule has 2 nitrogen and oxygen atoms in total. The van der Waals surface area contributed by atoms with E-state index in [4.69, 9.17) is 0 Å². The molecule has 0 saturated carbocycles. The fourth-order valence-corrected chi connectivity index (χ4v) is 8.98. The molecule has 2 aliphatic carbocycles. The summed E-state index contributed by atoms with van der Waals surface area (Å²) in [5, 5.41) is 2.64. The zero-order chi connectivity index (χ0) is 31.7. The second-order valence-corrected chi connectivity index (χ2v) is 14.6. The second-order valence-electron chi connectivity index (χ2n) is 12.4. The van der Waals surface area contributed by atoms with Gasteiger partial charge in [0.15, 0.2) is 0 Å². The van der Waals surface area contributed by atoms with Gasteiger partial charge in [-0.15, -0.1) is 22.7 Å². The Kier molecular flexibility index (Phi) is 8.06. The second kappa shape index (κ2) is 12.8. The standard InChI is InChI=1S/C43H36N2S2/c1-29-25-33(11-12-36(29)28-44-2)30-13-19-37(20-14-30)45(38-21-15-31(16-22-38)42-26-34-7-3-5-9-40(34)46-42)39-23-17-32(18-24-39)43-27-35-8-4-6-10-41(35)47-43/h3-17,19-24,26-29,32H,18,25H2,1-2H3/t29?,32-/m0/s1. The Morgan fingerprint density at radius 1 is 0.745 bits per heavy atom. The van der Waals surface area contributed by atoms with Gasteiger partial charge in [-0.25, -0.2) is 0 Å². The fraction of sp³-hybridized carbons (Fsp3) is 0.140. The normalized spacial score (nSPS) is 18.0. The zero-order valence-corrected chi connectivity index (χ0v) is 28.3. The van der Waals surface area contributed by atoms with E-state index < -0.39 is 0 Å². The number of thiophene rings is 2. The molecule has 0 amide bonds. The van der Waals surface area contributed by atoms with E-state index in [1.165, 1.54) is 63.6 Å². The first-order chi connectivity index (χ1) is 23.1. The van der Waals surface area contributed by atoms with E-state index in [2.05, 4.69) is 156 Å². The summed E-state index contributed by atoms with van der Waals surface area (Å²) in [6, 6.07) is 40.2. The number of aliphatic imine (C=N–C) groups is 1. The summed E-state index contributed by atoms with van der Waals surface area (Å²) >= 11 is 3.77. The molecule has 0 bridgehead atoms. The molecule has 2 heterocycles. The number of benzene rings is 4. The third-order valence-corrected chi connectivity index (χ3v) is 11.7. The predicted octanol–water partition coefficient (Wildman–Crippen LogP) is 12.6. The van der Waals surface area contributed by atoms with Crippen molar-refractivity contribution >= 4 is 66.0 Å². The highest BCUT2D eigenvalue weighted by Crippen LogP contribution is 2.41. The van der Waals surface area contributed by atoms with Gasteiger partial charge < -0.3 is 4.90 Å². The van der Waals surface area contributed by atoms with E-state index in [0.29, 0.717) is 11.8 Å². The van der Waals surface area contributed by atoms with Crippen molar-refractivity contribution < 1.29 is 0 Å². The number of nitrogens with zero attached hydrogens (tertiary/aromatic N) is 2. The smallest absolute Gasteiger partial charge is 0.0461 e. The van der Waals surface area contributed by atoms with E-state index in [1.807, 2.05) is 35.9 Å². The van der Waals surface area contributed by atoms with Crippen LogP contribution in [0.1, 0.15) is 36.1 Å². The van der Waals surface area contributed by atoms with E-state index in [-0.39, 0.29) is 0 Å². The monoisotopic (exact) mass is 644 g/mol. The lowest BCUT2D eigenvalue weighted by atomic mass is 9.86. The molecule has 2 aliphatic rings. The summed E-state index contributed by atoms with van der Waals surface area (Å²) in [6.07, 6.45) is 15.6. The highest BCUT2D eigenvalue weighted by molar-refractivity contribution is 7.22. The largest absolute Gasteiger partial charge is 0.311 e. The maximum atomic E-state index is 4.24. The van der Waals surface area contributed by atoms with Crippen molar-refractivity contribution in [2.45, 2.75) is 25.7 Å². The molecule has 230 valence electrons. The first kappa shape index (κ1) is 29.6. The minimum Gasteiger partial charge on any atom is -0.311 e. The molecule has 0 spiro atoms. The van der Waals surface area contributed by atoms with Gasteiger partial charge in [-0.3, -0.25) is 4.99 Å². The lowest BCUT2D eigenvalue weighted by molar-refractivity contribution is 0.727. The van der Waals surface area contributed by atoms with Gasteiger partial charge in [0, 0.05) is 55.4 Å². The average molecular weight is 645 g/mol. The Morgan fingerprint density at radius 3 is 2.02 bits per heavy atom. The third-order valence-electron chi connectivity index (χ3n) is 9.33. The van der Waals surface area contributed by atoms with Crippen molar-refractivity contribution in [3.63, 3.8) is 0 Å². The minimum absolute atomic E-state index is 0.395. The Hall–Kier alpha value is -4.77. The molecule has 1 unspecified atom stereocenters. The highest BCUT2D eigenvalue weighted by Gasteiger charge is 2.21. The van der Waals surface area contributed by atoms with Crippen LogP contribution in [0.25, 0.3) is 36.2 Å². The summed E-state index contributed by atoms with van der Waals surface area (Å²) in [5.74, 6) is 0.854. The summed E-state index contributed by atoms with van der Waals surface area (Å²) in [4.78, 5) is 9.37. The summed E-state index contributed by atoms with van der Waals surface area (Å²) in [6.45, 7) is 2.28. The number of allylic oxidation sites excluding steroid dienone is 7. The number of rotatable bonds is 7. The predicted molar refractivity (Wildman–Crippen MR) is 207 cm³/mol. The molecule has 0 N–H and O–H groups in total. The molecule has 0 radical (unpaired) electrons. The van der Waals surface area contributed by atoms with Gasteiger partial charge in [-0.2, -0.15) is 0 Å². The first-order valence-electron chi connectivity index (χ1n) is 16.3. The maximum Gasteiger partial charge on any atom is 0.0461 e. The SMILES string of the molecule is CN=CC1=CC=C(c2ccc(N(C3=CC[C@@H](c4cc5ccccc5s4)C=C3)c3ccc(-c4cc5ccccc5s4)cc3)cc2)CC1C. The number of anilines is 2. The summed E-state index contributed by atoms with van der Waals surface area (Å²) in [5.41, 5.74) is 8.74. The minimum atomic E-state index is 0.395. The number of fused-ring (bicyclic) bond motifs is 2. The Morgan fingerprint density at radius 2 is 1.40 bits per heavy atom. The molecule has 2 atom stereocenters. The first-order valence-corrected chi connectivity index (χ1v) is 18.0. The highest BCUT2D eigenvalue weighted by atomic mass is 32.1. The van der Waals surface area contributed by atoms with Gasteiger partial charge in [-0.1, -0.05) is 91.9 Å². The van der Waals surface area contributed by atoms with Crippen LogP contribution in [-0.4, -0.2) is 13.3 Å². The van der Waals surface area contributed by atoms with Crippen molar-refractivity contribution in [1.82, 2.24) is 0 Å².